The minimum Gasteiger partial charge on any atom is -0.396 e. The van der Waals surface area contributed by atoms with Gasteiger partial charge in [-0.25, -0.2) is 0 Å². The first-order chi connectivity index (χ1) is 4.48. The molecule has 0 bridgehead atoms. The molecule has 0 spiro atoms. The van der Waals surface area contributed by atoms with E-state index in [1.54, 1.807) is 0 Å². The summed E-state index contributed by atoms with van der Waals surface area (Å²) < 4.78 is -1.67. The van der Waals surface area contributed by atoms with Gasteiger partial charge in [-0.2, -0.15) is 0 Å². The van der Waals surface area contributed by atoms with Gasteiger partial charge in [0.1, 0.15) is 5.44 Å². The maximum atomic E-state index is 8.97. The van der Waals surface area contributed by atoms with Crippen molar-refractivity contribution < 1.29 is 10.2 Å². The van der Waals surface area contributed by atoms with E-state index in [9.17, 15) is 0 Å². The zero-order valence-electron chi connectivity index (χ0n) is 4.93. The number of aliphatic hydroxyl groups is 2. The fraction of sp³-hybridized carbons (Fsp3) is 1.00. The first-order valence-electron chi connectivity index (χ1n) is 2.45. The predicted octanol–water partition coefficient (Wildman–Crippen LogP) is 1.40. The van der Waals surface area contributed by atoms with Gasteiger partial charge in [0.25, 0.3) is 0 Å². The van der Waals surface area contributed by atoms with Gasteiger partial charge in [0.05, 0.1) is 6.61 Å². The van der Waals surface area contributed by atoms with E-state index in [4.69, 9.17) is 45.0 Å². The topological polar surface area (TPSA) is 40.5 Å². The molecule has 0 amide bonds. The number of thioether (sulfide) groups is 1. The van der Waals surface area contributed by atoms with Crippen molar-refractivity contribution in [1.29, 1.82) is 0 Å². The molecule has 0 unspecified atom stereocenters. The lowest BCUT2D eigenvalue weighted by molar-refractivity contribution is 0.266. The molecular weight excluding hydrogens is 218 g/mol. The van der Waals surface area contributed by atoms with Crippen LogP contribution in [0.1, 0.15) is 0 Å². The Morgan fingerprint density at radius 3 is 2.20 bits per heavy atom. The maximum Gasteiger partial charge on any atom is 0.225 e. The second kappa shape index (κ2) is 4.91. The summed E-state index contributed by atoms with van der Waals surface area (Å²) in [6.07, 6.45) is 0. The first-order valence-corrected chi connectivity index (χ1v) is 4.64. The zero-order chi connectivity index (χ0) is 8.20. The second-order valence-electron chi connectivity index (χ2n) is 1.49. The molecule has 0 aromatic heterocycles. The lowest BCUT2D eigenvalue weighted by Gasteiger charge is -2.17. The van der Waals surface area contributed by atoms with Crippen molar-refractivity contribution >= 4 is 46.6 Å². The predicted molar refractivity (Wildman–Crippen MR) is 45.8 cm³/mol. The molecule has 0 aromatic rings. The summed E-state index contributed by atoms with van der Waals surface area (Å²) in [5, 5.41) is 17.3. The summed E-state index contributed by atoms with van der Waals surface area (Å²) in [6, 6.07) is 0. The Morgan fingerprint density at radius 1 is 1.40 bits per heavy atom. The Bertz CT molecular complexity index is 95.0. The Kier molecular flexibility index (Phi) is 5.47. The van der Waals surface area contributed by atoms with E-state index < -0.39 is 9.23 Å². The molecule has 62 valence electrons. The van der Waals surface area contributed by atoms with Crippen LogP contribution in [0, 0.1) is 0 Å². The van der Waals surface area contributed by atoms with Gasteiger partial charge >= 0.3 is 0 Å². The fourth-order valence-corrected chi connectivity index (χ4v) is 1.34. The summed E-state index contributed by atoms with van der Waals surface area (Å²) >= 11 is 16.9. The van der Waals surface area contributed by atoms with Crippen LogP contribution in [-0.4, -0.2) is 31.8 Å². The van der Waals surface area contributed by atoms with E-state index in [0.717, 1.165) is 11.8 Å². The molecule has 0 saturated carbocycles. The van der Waals surface area contributed by atoms with E-state index in [1.807, 2.05) is 0 Å². The minimum atomic E-state index is -1.67. The van der Waals surface area contributed by atoms with Crippen molar-refractivity contribution in [3.8, 4) is 0 Å². The lowest BCUT2D eigenvalue weighted by Crippen LogP contribution is -2.22. The van der Waals surface area contributed by atoms with E-state index >= 15 is 0 Å². The smallest absolute Gasteiger partial charge is 0.225 e. The molecule has 0 aliphatic heterocycles. The summed E-state index contributed by atoms with van der Waals surface area (Å²) in [5.41, 5.74) is -1.08. The molecule has 0 aliphatic rings. The molecule has 1 atom stereocenters. The Morgan fingerprint density at radius 2 is 1.90 bits per heavy atom. The van der Waals surface area contributed by atoms with Crippen molar-refractivity contribution in [1.82, 2.24) is 0 Å². The van der Waals surface area contributed by atoms with Gasteiger partial charge in [0, 0.05) is 5.75 Å². The van der Waals surface area contributed by atoms with Crippen LogP contribution in [0.25, 0.3) is 0 Å². The Hall–Kier alpha value is 1.14. The number of halogens is 3. The van der Waals surface area contributed by atoms with Crippen LogP contribution in [0.2, 0.25) is 0 Å². The highest BCUT2D eigenvalue weighted by molar-refractivity contribution is 8.00. The molecule has 0 rings (SSSR count). The number of rotatable bonds is 3. The third-order valence-electron chi connectivity index (χ3n) is 0.647. The number of hydrogen-bond donors (Lipinski definition) is 2. The van der Waals surface area contributed by atoms with E-state index in [-0.39, 0.29) is 6.61 Å². The van der Waals surface area contributed by atoms with Gasteiger partial charge in [-0.1, -0.05) is 34.8 Å². The standard InChI is InChI=1S/C4H7Cl3O2S/c5-4(6,7)3(9)10-2-1-8/h3,8-9H,1-2H2/t3-/m0/s1. The van der Waals surface area contributed by atoms with E-state index in [2.05, 4.69) is 0 Å². The summed E-state index contributed by atoms with van der Waals surface area (Å²) in [5.74, 6) is 0.356. The Balaban J connectivity index is 3.52. The number of alkyl halides is 3. The molecular formula is C4H7Cl3O2S. The largest absolute Gasteiger partial charge is 0.396 e. The molecule has 2 N–H and O–H groups in total. The molecule has 10 heavy (non-hydrogen) atoms. The van der Waals surface area contributed by atoms with Crippen LogP contribution < -0.4 is 0 Å². The maximum absolute atomic E-state index is 8.97. The van der Waals surface area contributed by atoms with Crippen molar-refractivity contribution in [2.45, 2.75) is 9.23 Å². The summed E-state index contributed by atoms with van der Waals surface area (Å²) in [4.78, 5) is 0. The third-order valence-corrected chi connectivity index (χ3v) is 2.74. The molecule has 0 fully saturated rings. The minimum absolute atomic E-state index is 0.0392. The van der Waals surface area contributed by atoms with Gasteiger partial charge in [0.15, 0.2) is 0 Å². The van der Waals surface area contributed by atoms with Crippen molar-refractivity contribution in [2.75, 3.05) is 12.4 Å². The fourth-order valence-electron chi connectivity index (χ4n) is 0.259. The van der Waals surface area contributed by atoms with Gasteiger partial charge in [-0.3, -0.25) is 0 Å². The third kappa shape index (κ3) is 4.88. The first kappa shape index (κ1) is 11.1. The van der Waals surface area contributed by atoms with Crippen molar-refractivity contribution in [2.24, 2.45) is 0 Å². The van der Waals surface area contributed by atoms with Crippen LogP contribution in [0.4, 0.5) is 0 Å². The van der Waals surface area contributed by atoms with Crippen LogP contribution in [0.15, 0.2) is 0 Å². The van der Waals surface area contributed by atoms with Crippen molar-refractivity contribution in [3.63, 3.8) is 0 Å². The average Bonchev–Trinajstić information content (AvgIpc) is 1.80. The van der Waals surface area contributed by atoms with Crippen LogP contribution >= 0.6 is 46.6 Å². The average molecular weight is 226 g/mol. The molecule has 0 heterocycles. The second-order valence-corrected chi connectivity index (χ2v) is 5.05. The molecule has 0 saturated heterocycles. The SMILES string of the molecule is OCCS[C@H](O)C(Cl)(Cl)Cl. The summed E-state index contributed by atoms with van der Waals surface area (Å²) in [7, 11) is 0. The normalized spacial score (nSPS) is 15.3. The van der Waals surface area contributed by atoms with E-state index in [1.165, 1.54) is 0 Å². The number of aliphatic hydroxyl groups excluding tert-OH is 2. The highest BCUT2D eigenvalue weighted by atomic mass is 35.6. The molecule has 6 heteroatoms. The number of hydrogen-bond acceptors (Lipinski definition) is 3. The van der Waals surface area contributed by atoms with Gasteiger partial charge < -0.3 is 10.2 Å². The van der Waals surface area contributed by atoms with Crippen molar-refractivity contribution in [3.05, 3.63) is 0 Å². The molecule has 0 aromatic carbocycles. The lowest BCUT2D eigenvalue weighted by atomic mass is 10.8. The van der Waals surface area contributed by atoms with E-state index in [0.29, 0.717) is 5.75 Å². The highest BCUT2D eigenvalue weighted by Crippen LogP contribution is 2.35. The quantitative estimate of drug-likeness (QED) is 0.563. The van der Waals surface area contributed by atoms with Crippen LogP contribution in [0.3, 0.4) is 0 Å². The van der Waals surface area contributed by atoms with Crippen LogP contribution in [0.5, 0.6) is 0 Å². The molecule has 0 aliphatic carbocycles. The summed E-state index contributed by atoms with van der Waals surface area (Å²) in [6.45, 7) is -0.0392. The monoisotopic (exact) mass is 224 g/mol. The van der Waals surface area contributed by atoms with Gasteiger partial charge in [0.2, 0.25) is 3.79 Å². The highest BCUT2D eigenvalue weighted by Gasteiger charge is 2.30. The Labute approximate surface area is 78.5 Å². The zero-order valence-corrected chi connectivity index (χ0v) is 8.01. The van der Waals surface area contributed by atoms with Gasteiger partial charge in [-0.05, 0) is 0 Å². The molecule has 0 radical (unpaired) electrons. The van der Waals surface area contributed by atoms with Crippen LogP contribution in [-0.2, 0) is 0 Å². The van der Waals surface area contributed by atoms with Gasteiger partial charge in [-0.15, -0.1) is 11.8 Å². The molecule has 2 nitrogen and oxygen atoms in total.